The van der Waals surface area contributed by atoms with Crippen molar-refractivity contribution in [3.63, 3.8) is 0 Å². The number of allylic oxidation sites excluding steroid dienone is 1. The highest BCUT2D eigenvalue weighted by Crippen LogP contribution is 2.65. The van der Waals surface area contributed by atoms with Gasteiger partial charge < -0.3 is 0 Å². The zero-order chi connectivity index (χ0) is 16.3. The number of rotatable bonds is 2. The summed E-state index contributed by atoms with van der Waals surface area (Å²) in [6, 6.07) is 8.61. The third kappa shape index (κ3) is 2.00. The summed E-state index contributed by atoms with van der Waals surface area (Å²) in [6.07, 6.45) is 4.33. The smallest absolute Gasteiger partial charge is 0.165 e. The average Bonchev–Trinajstić information content (AvgIpc) is 2.73. The summed E-state index contributed by atoms with van der Waals surface area (Å²) < 4.78 is 0.809. The van der Waals surface area contributed by atoms with Crippen LogP contribution in [0.15, 0.2) is 29.8 Å². The van der Waals surface area contributed by atoms with Crippen molar-refractivity contribution in [2.75, 3.05) is 21.1 Å². The van der Waals surface area contributed by atoms with Crippen LogP contribution >= 0.6 is 0 Å². The van der Waals surface area contributed by atoms with Crippen molar-refractivity contribution in [2.45, 2.75) is 33.6 Å². The molecule has 2 aliphatic rings. The minimum Gasteiger partial charge on any atom is -0.298 e. The Kier molecular flexibility index (Phi) is 3.20. The largest absolute Gasteiger partial charge is 0.298 e. The molecule has 0 amide bonds. The van der Waals surface area contributed by atoms with E-state index in [0.717, 1.165) is 28.5 Å². The number of hydrogen-bond donors (Lipinski definition) is 0. The van der Waals surface area contributed by atoms with Gasteiger partial charge in [-0.2, -0.15) is 0 Å². The molecule has 3 rings (SSSR count). The van der Waals surface area contributed by atoms with Crippen LogP contribution < -0.4 is 4.48 Å². The molecule has 2 nitrogen and oxygen atoms in total. The molecule has 2 bridgehead atoms. The number of Topliss-reactive ketones (excluding diaryl/α,β-unsaturated/α-hetero) is 1. The molecular formula is C20H28NO+. The summed E-state index contributed by atoms with van der Waals surface area (Å²) in [5.74, 6) is 0.799. The second-order valence-electron chi connectivity index (χ2n) is 8.68. The van der Waals surface area contributed by atoms with E-state index in [2.05, 4.69) is 72.3 Å². The first-order chi connectivity index (χ1) is 10.1. The van der Waals surface area contributed by atoms with E-state index in [1.807, 2.05) is 0 Å². The van der Waals surface area contributed by atoms with Crippen molar-refractivity contribution >= 4 is 17.5 Å². The molecule has 2 aliphatic carbocycles. The third-order valence-corrected chi connectivity index (χ3v) is 6.35. The van der Waals surface area contributed by atoms with Gasteiger partial charge in [-0.3, -0.25) is 9.28 Å². The summed E-state index contributed by atoms with van der Waals surface area (Å²) in [5.41, 5.74) is 3.40. The van der Waals surface area contributed by atoms with Gasteiger partial charge in [-0.15, -0.1) is 0 Å². The lowest BCUT2D eigenvalue weighted by atomic mass is 9.70. The summed E-state index contributed by atoms with van der Waals surface area (Å²) in [4.78, 5) is 12.9. The molecule has 1 unspecified atom stereocenters. The molecule has 0 saturated heterocycles. The third-order valence-electron chi connectivity index (χ3n) is 6.35. The predicted molar refractivity (Wildman–Crippen MR) is 93.6 cm³/mol. The molecule has 0 heterocycles. The SMILES string of the molecule is CC1(C)C2CC[C@@]1(C)C(=O)C2=Cc1ccc([N+](C)(C)C)cc1. The van der Waals surface area contributed by atoms with Gasteiger partial charge in [-0.1, -0.05) is 20.8 Å². The molecule has 2 fully saturated rings. The monoisotopic (exact) mass is 298 g/mol. The van der Waals surface area contributed by atoms with Gasteiger partial charge in [0, 0.05) is 5.41 Å². The lowest BCUT2D eigenvalue weighted by Gasteiger charge is -2.31. The van der Waals surface area contributed by atoms with Crippen molar-refractivity contribution < 1.29 is 4.79 Å². The first-order valence-electron chi connectivity index (χ1n) is 8.26. The second kappa shape index (κ2) is 4.55. The summed E-state index contributed by atoms with van der Waals surface area (Å²) in [6.45, 7) is 6.70. The van der Waals surface area contributed by atoms with Crippen LogP contribution in [0.25, 0.3) is 6.08 Å². The van der Waals surface area contributed by atoms with E-state index in [9.17, 15) is 4.79 Å². The van der Waals surface area contributed by atoms with E-state index >= 15 is 0 Å². The number of carbonyl (C=O) groups is 1. The molecule has 1 aromatic rings. The Balaban J connectivity index is 1.96. The van der Waals surface area contributed by atoms with Crippen LogP contribution in [0.1, 0.15) is 39.2 Å². The molecule has 2 heteroatoms. The molecule has 0 spiro atoms. The number of nitrogens with zero attached hydrogens (tertiary/aromatic N) is 1. The van der Waals surface area contributed by atoms with Crippen molar-refractivity contribution in [3.05, 3.63) is 35.4 Å². The molecule has 0 aromatic heterocycles. The number of quaternary nitrogens is 1. The van der Waals surface area contributed by atoms with Crippen LogP contribution in [0, 0.1) is 16.7 Å². The fraction of sp³-hybridized carbons (Fsp3) is 0.550. The first kappa shape index (κ1) is 15.5. The van der Waals surface area contributed by atoms with Crippen molar-refractivity contribution in [1.82, 2.24) is 4.48 Å². The van der Waals surface area contributed by atoms with E-state index < -0.39 is 0 Å². The van der Waals surface area contributed by atoms with Gasteiger partial charge in [-0.05, 0) is 65.7 Å². The fourth-order valence-electron chi connectivity index (χ4n) is 4.29. The van der Waals surface area contributed by atoms with Gasteiger partial charge in [0.1, 0.15) is 5.69 Å². The topological polar surface area (TPSA) is 17.1 Å². The Morgan fingerprint density at radius 1 is 1.09 bits per heavy atom. The van der Waals surface area contributed by atoms with Gasteiger partial charge in [-0.25, -0.2) is 0 Å². The normalized spacial score (nSPS) is 32.0. The molecule has 118 valence electrons. The maximum absolute atomic E-state index is 12.9. The van der Waals surface area contributed by atoms with Crippen LogP contribution in [0.2, 0.25) is 0 Å². The Morgan fingerprint density at radius 2 is 1.68 bits per heavy atom. The molecule has 2 saturated carbocycles. The number of ketones is 1. The molecule has 0 N–H and O–H groups in total. The standard InChI is InChI=1S/C20H28NO/c1-19(2)17-11-12-20(19,3)18(22)16(17)13-14-7-9-15(10-8-14)21(4,5)6/h7-10,13,17H,11-12H2,1-6H3/q+1/t17?,20-/m0/s1. The van der Waals surface area contributed by atoms with Gasteiger partial charge in [0.2, 0.25) is 0 Å². The van der Waals surface area contributed by atoms with E-state index in [4.69, 9.17) is 0 Å². The zero-order valence-electron chi connectivity index (χ0n) is 14.7. The minimum atomic E-state index is -0.161. The average molecular weight is 298 g/mol. The highest BCUT2D eigenvalue weighted by Gasteiger charge is 2.63. The van der Waals surface area contributed by atoms with Crippen LogP contribution in [0.5, 0.6) is 0 Å². The molecular weight excluding hydrogens is 270 g/mol. The lowest BCUT2D eigenvalue weighted by Crippen LogP contribution is -2.34. The summed E-state index contributed by atoms with van der Waals surface area (Å²) >= 11 is 0. The van der Waals surface area contributed by atoms with Crippen molar-refractivity contribution in [1.29, 1.82) is 0 Å². The number of hydrogen-bond acceptors (Lipinski definition) is 1. The van der Waals surface area contributed by atoms with Gasteiger partial charge in [0.05, 0.1) is 21.1 Å². The quantitative estimate of drug-likeness (QED) is 0.588. The van der Waals surface area contributed by atoms with E-state index in [1.165, 1.54) is 5.69 Å². The van der Waals surface area contributed by atoms with Crippen molar-refractivity contribution in [3.8, 4) is 0 Å². The Bertz CT molecular complexity index is 645. The van der Waals surface area contributed by atoms with E-state index in [-0.39, 0.29) is 10.8 Å². The van der Waals surface area contributed by atoms with Gasteiger partial charge in [0.25, 0.3) is 0 Å². The molecule has 22 heavy (non-hydrogen) atoms. The maximum atomic E-state index is 12.9. The number of benzene rings is 1. The maximum Gasteiger partial charge on any atom is 0.165 e. The first-order valence-corrected chi connectivity index (χ1v) is 8.26. The summed E-state index contributed by atoms with van der Waals surface area (Å²) in [7, 11) is 6.49. The fourth-order valence-corrected chi connectivity index (χ4v) is 4.29. The highest BCUT2D eigenvalue weighted by atomic mass is 16.1. The Hall–Kier alpha value is -1.41. The molecule has 0 aliphatic heterocycles. The van der Waals surface area contributed by atoms with Gasteiger partial charge >= 0.3 is 0 Å². The van der Waals surface area contributed by atoms with Crippen LogP contribution in [-0.4, -0.2) is 26.9 Å². The summed E-state index contributed by atoms with van der Waals surface area (Å²) in [5, 5.41) is 0. The minimum absolute atomic E-state index is 0.0954. The van der Waals surface area contributed by atoms with E-state index in [0.29, 0.717) is 11.7 Å². The Labute approximate surface area is 134 Å². The molecule has 1 aromatic carbocycles. The van der Waals surface area contributed by atoms with Crippen molar-refractivity contribution in [2.24, 2.45) is 16.7 Å². The Morgan fingerprint density at radius 3 is 2.14 bits per heavy atom. The van der Waals surface area contributed by atoms with E-state index in [1.54, 1.807) is 0 Å². The number of carbonyl (C=O) groups excluding carboxylic acids is 1. The van der Waals surface area contributed by atoms with Crippen LogP contribution in [0.3, 0.4) is 0 Å². The molecule has 0 radical (unpaired) electrons. The number of fused-ring (bicyclic) bond motifs is 2. The van der Waals surface area contributed by atoms with Gasteiger partial charge in [0.15, 0.2) is 5.78 Å². The lowest BCUT2D eigenvalue weighted by molar-refractivity contribution is -0.125. The second-order valence-corrected chi connectivity index (χ2v) is 8.68. The van der Waals surface area contributed by atoms with Crippen LogP contribution in [-0.2, 0) is 4.79 Å². The van der Waals surface area contributed by atoms with Crippen LogP contribution in [0.4, 0.5) is 5.69 Å². The zero-order valence-corrected chi connectivity index (χ0v) is 14.7. The predicted octanol–water partition coefficient (Wildman–Crippen LogP) is 4.29. The highest BCUT2D eigenvalue weighted by molar-refractivity contribution is 6.07. The molecule has 2 atom stereocenters.